The molecule has 0 bridgehead atoms. The Morgan fingerprint density at radius 2 is 1.88 bits per heavy atom. The average Bonchev–Trinajstić information content (AvgIpc) is 2.32. The third-order valence-corrected chi connectivity index (χ3v) is 4.27. The van der Waals surface area contributed by atoms with Gasteiger partial charge in [-0.2, -0.15) is 0 Å². The lowest BCUT2D eigenvalue weighted by Crippen LogP contribution is -2.90. The average molecular weight is 218 g/mol. The number of nitrogens with two attached hydrogens (primary N) is 1. The normalized spacial score (nSPS) is 30.2. The molecule has 0 radical (unpaired) electrons. The van der Waals surface area contributed by atoms with Gasteiger partial charge in [0.1, 0.15) is 6.54 Å². The lowest BCUT2D eigenvalue weighted by atomic mass is 9.78. The molecule has 0 heterocycles. The monoisotopic (exact) mass is 218 g/mol. The zero-order chi connectivity index (χ0) is 11.4. The van der Waals surface area contributed by atoms with Crippen LogP contribution >= 0.6 is 0 Å². The molecule has 0 amide bonds. The van der Waals surface area contributed by atoms with E-state index in [0.717, 1.165) is 24.4 Å². The van der Waals surface area contributed by atoms with E-state index in [-0.39, 0.29) is 0 Å². The Morgan fingerprint density at radius 1 is 1.12 bits per heavy atom. The quantitative estimate of drug-likeness (QED) is 0.803. The summed E-state index contributed by atoms with van der Waals surface area (Å²) in [5.41, 5.74) is 1.45. The first-order valence-corrected chi connectivity index (χ1v) is 6.64. The van der Waals surface area contributed by atoms with E-state index >= 15 is 0 Å². The van der Waals surface area contributed by atoms with Crippen LogP contribution in [0.25, 0.3) is 0 Å². The molecule has 0 aliphatic heterocycles. The van der Waals surface area contributed by atoms with E-state index in [0.29, 0.717) is 0 Å². The standard InChI is InChI=1S/C15H23N/c1-12-7-6-10-15(13(12)2)16-11-14-8-4-3-5-9-14/h3-5,8-9,12-13,15-16H,6-7,10-11H2,1-2H3/p+1/t12-,13-,15-/m1/s1. The summed E-state index contributed by atoms with van der Waals surface area (Å²) in [6.45, 7) is 5.98. The molecule has 0 saturated heterocycles. The van der Waals surface area contributed by atoms with Gasteiger partial charge in [0.2, 0.25) is 0 Å². The van der Waals surface area contributed by atoms with E-state index in [2.05, 4.69) is 49.5 Å². The first-order chi connectivity index (χ1) is 7.77. The van der Waals surface area contributed by atoms with Gasteiger partial charge in [-0.15, -0.1) is 0 Å². The highest BCUT2D eigenvalue weighted by molar-refractivity contribution is 5.13. The van der Waals surface area contributed by atoms with Crippen molar-refractivity contribution < 1.29 is 5.32 Å². The van der Waals surface area contributed by atoms with E-state index in [9.17, 15) is 0 Å². The Labute approximate surface area is 99.3 Å². The maximum atomic E-state index is 2.55. The number of quaternary nitrogens is 1. The Bertz CT molecular complexity index is 306. The van der Waals surface area contributed by atoms with Crippen LogP contribution in [0.15, 0.2) is 30.3 Å². The second kappa shape index (κ2) is 5.49. The zero-order valence-electron chi connectivity index (χ0n) is 10.5. The van der Waals surface area contributed by atoms with Gasteiger partial charge >= 0.3 is 0 Å². The fraction of sp³-hybridized carbons (Fsp3) is 0.600. The molecule has 1 aliphatic rings. The number of rotatable bonds is 3. The molecule has 2 N–H and O–H groups in total. The van der Waals surface area contributed by atoms with Crippen molar-refractivity contribution in [3.63, 3.8) is 0 Å². The van der Waals surface area contributed by atoms with Crippen LogP contribution in [0.4, 0.5) is 0 Å². The molecule has 1 nitrogen and oxygen atoms in total. The van der Waals surface area contributed by atoms with E-state index in [1.807, 2.05) is 0 Å². The molecule has 1 heteroatoms. The van der Waals surface area contributed by atoms with Gasteiger partial charge in [0, 0.05) is 11.5 Å². The Hall–Kier alpha value is -0.820. The summed E-state index contributed by atoms with van der Waals surface area (Å²) in [6, 6.07) is 11.7. The van der Waals surface area contributed by atoms with Gasteiger partial charge in [-0.05, 0) is 25.2 Å². The molecule has 88 valence electrons. The van der Waals surface area contributed by atoms with Crippen LogP contribution in [0.2, 0.25) is 0 Å². The molecule has 1 aromatic rings. The second-order valence-electron chi connectivity index (χ2n) is 5.36. The molecule has 0 aromatic heterocycles. The van der Waals surface area contributed by atoms with Gasteiger partial charge in [0.15, 0.2) is 0 Å². The third kappa shape index (κ3) is 2.85. The maximum absolute atomic E-state index is 2.55. The first kappa shape index (κ1) is 11.7. The largest absolute Gasteiger partial charge is 0.340 e. The van der Waals surface area contributed by atoms with Crippen LogP contribution in [-0.4, -0.2) is 6.04 Å². The van der Waals surface area contributed by atoms with Gasteiger partial charge in [-0.1, -0.05) is 44.2 Å². The van der Waals surface area contributed by atoms with Crippen molar-refractivity contribution >= 4 is 0 Å². The summed E-state index contributed by atoms with van der Waals surface area (Å²) >= 11 is 0. The molecule has 0 spiro atoms. The molecule has 2 rings (SSSR count). The summed E-state index contributed by atoms with van der Waals surface area (Å²) in [5, 5.41) is 2.55. The topological polar surface area (TPSA) is 16.6 Å². The zero-order valence-corrected chi connectivity index (χ0v) is 10.5. The van der Waals surface area contributed by atoms with E-state index in [4.69, 9.17) is 0 Å². The first-order valence-electron chi connectivity index (χ1n) is 6.64. The lowest BCUT2D eigenvalue weighted by Gasteiger charge is -2.32. The van der Waals surface area contributed by atoms with Crippen molar-refractivity contribution in [2.24, 2.45) is 11.8 Å². The Balaban J connectivity index is 1.85. The Morgan fingerprint density at radius 3 is 2.62 bits per heavy atom. The van der Waals surface area contributed by atoms with Crippen molar-refractivity contribution in [3.05, 3.63) is 35.9 Å². The fourth-order valence-electron chi connectivity index (χ4n) is 2.86. The predicted molar refractivity (Wildman–Crippen MR) is 68.0 cm³/mol. The highest BCUT2D eigenvalue weighted by Gasteiger charge is 2.29. The number of hydrogen-bond acceptors (Lipinski definition) is 0. The number of hydrogen-bond donors (Lipinski definition) is 1. The van der Waals surface area contributed by atoms with E-state index < -0.39 is 0 Å². The van der Waals surface area contributed by atoms with Gasteiger partial charge in [-0.25, -0.2) is 0 Å². The summed E-state index contributed by atoms with van der Waals surface area (Å²) in [6.07, 6.45) is 4.25. The molecule has 0 unspecified atom stereocenters. The molecular weight excluding hydrogens is 194 g/mol. The van der Waals surface area contributed by atoms with Crippen LogP contribution in [0.5, 0.6) is 0 Å². The summed E-state index contributed by atoms with van der Waals surface area (Å²) in [5.74, 6) is 1.78. The highest BCUT2D eigenvalue weighted by Crippen LogP contribution is 2.27. The summed E-state index contributed by atoms with van der Waals surface area (Å²) in [4.78, 5) is 0. The molecule has 1 saturated carbocycles. The Kier molecular flexibility index (Phi) is 4.00. The predicted octanol–water partition coefficient (Wildman–Crippen LogP) is 2.57. The SMILES string of the molecule is C[C@@H]1[C@H](C)CCC[C@H]1[NH2+]Cc1ccccc1. The van der Waals surface area contributed by atoms with Gasteiger partial charge in [-0.3, -0.25) is 0 Å². The highest BCUT2D eigenvalue weighted by atomic mass is 14.9. The minimum atomic E-state index is 0.837. The lowest BCUT2D eigenvalue weighted by molar-refractivity contribution is -0.713. The van der Waals surface area contributed by atoms with E-state index in [1.54, 1.807) is 0 Å². The second-order valence-corrected chi connectivity index (χ2v) is 5.36. The van der Waals surface area contributed by atoms with Crippen LogP contribution in [0, 0.1) is 11.8 Å². The summed E-state index contributed by atoms with van der Waals surface area (Å²) < 4.78 is 0. The van der Waals surface area contributed by atoms with Gasteiger partial charge in [0.25, 0.3) is 0 Å². The fourth-order valence-corrected chi connectivity index (χ4v) is 2.86. The van der Waals surface area contributed by atoms with Crippen molar-refractivity contribution in [1.82, 2.24) is 0 Å². The minimum absolute atomic E-state index is 0.837. The van der Waals surface area contributed by atoms with Crippen molar-refractivity contribution in [2.45, 2.75) is 45.7 Å². The molecule has 16 heavy (non-hydrogen) atoms. The smallest absolute Gasteiger partial charge is 0.101 e. The molecule has 1 aliphatic carbocycles. The minimum Gasteiger partial charge on any atom is -0.340 e. The molecule has 1 fully saturated rings. The van der Waals surface area contributed by atoms with Crippen molar-refractivity contribution in [1.29, 1.82) is 0 Å². The van der Waals surface area contributed by atoms with Crippen molar-refractivity contribution in [2.75, 3.05) is 0 Å². The van der Waals surface area contributed by atoms with E-state index in [1.165, 1.54) is 24.8 Å². The van der Waals surface area contributed by atoms with Crippen molar-refractivity contribution in [3.8, 4) is 0 Å². The number of benzene rings is 1. The third-order valence-electron chi connectivity index (χ3n) is 4.27. The van der Waals surface area contributed by atoms with Crippen LogP contribution < -0.4 is 5.32 Å². The van der Waals surface area contributed by atoms with Crippen LogP contribution in [-0.2, 0) is 6.54 Å². The maximum Gasteiger partial charge on any atom is 0.101 e. The summed E-state index contributed by atoms with van der Waals surface area (Å²) in [7, 11) is 0. The van der Waals surface area contributed by atoms with Gasteiger partial charge < -0.3 is 5.32 Å². The molecule has 3 atom stereocenters. The van der Waals surface area contributed by atoms with Gasteiger partial charge in [0.05, 0.1) is 6.04 Å². The molecular formula is C15H24N+. The molecule has 1 aromatic carbocycles. The van der Waals surface area contributed by atoms with Crippen LogP contribution in [0.1, 0.15) is 38.7 Å². The van der Waals surface area contributed by atoms with Crippen LogP contribution in [0.3, 0.4) is 0 Å².